The highest BCUT2D eigenvalue weighted by molar-refractivity contribution is 7.09. The zero-order valence-corrected chi connectivity index (χ0v) is 11.4. The third kappa shape index (κ3) is 4.70. The third-order valence-electron chi connectivity index (χ3n) is 2.47. The van der Waals surface area contributed by atoms with Gasteiger partial charge in [0.25, 0.3) is 0 Å². The molecule has 0 radical (unpaired) electrons. The van der Waals surface area contributed by atoms with E-state index in [4.69, 9.17) is 5.11 Å². The molecule has 0 aliphatic carbocycles. The van der Waals surface area contributed by atoms with Gasteiger partial charge in [-0.1, -0.05) is 13.0 Å². The van der Waals surface area contributed by atoms with E-state index in [0.717, 1.165) is 5.01 Å². The van der Waals surface area contributed by atoms with Crippen LogP contribution in [0.15, 0.2) is 24.2 Å². The number of urea groups is 1. The van der Waals surface area contributed by atoms with Crippen LogP contribution in [0.3, 0.4) is 0 Å². The van der Waals surface area contributed by atoms with Gasteiger partial charge in [0.1, 0.15) is 11.0 Å². The predicted molar refractivity (Wildman–Crippen MR) is 73.1 cm³/mol. The van der Waals surface area contributed by atoms with E-state index in [1.54, 1.807) is 6.20 Å². The number of hydrogen-bond donors (Lipinski definition) is 3. The van der Waals surface area contributed by atoms with Gasteiger partial charge in [-0.15, -0.1) is 17.9 Å². The molecule has 1 aromatic rings. The Morgan fingerprint density at radius 2 is 2.32 bits per heavy atom. The van der Waals surface area contributed by atoms with Gasteiger partial charge in [0, 0.05) is 11.6 Å². The minimum atomic E-state index is -1.09. The van der Waals surface area contributed by atoms with E-state index in [-0.39, 0.29) is 12.5 Å². The Kier molecular flexibility index (Phi) is 6.01. The molecule has 1 aromatic heterocycles. The van der Waals surface area contributed by atoms with Crippen LogP contribution in [0.4, 0.5) is 4.79 Å². The van der Waals surface area contributed by atoms with E-state index < -0.39 is 18.0 Å². The molecule has 0 bridgehead atoms. The molecule has 3 N–H and O–H groups in total. The zero-order chi connectivity index (χ0) is 14.3. The highest BCUT2D eigenvalue weighted by Crippen LogP contribution is 2.18. The largest absolute Gasteiger partial charge is 0.480 e. The van der Waals surface area contributed by atoms with Crippen molar-refractivity contribution in [2.24, 2.45) is 0 Å². The van der Waals surface area contributed by atoms with Crippen molar-refractivity contribution in [2.75, 3.05) is 0 Å². The molecule has 2 amide bonds. The summed E-state index contributed by atoms with van der Waals surface area (Å²) in [5, 5.41) is 16.7. The Bertz CT molecular complexity index is 433. The lowest BCUT2D eigenvalue weighted by atomic mass is 10.2. The van der Waals surface area contributed by atoms with Crippen LogP contribution >= 0.6 is 11.3 Å². The normalized spacial score (nSPS) is 13.3. The first-order chi connectivity index (χ1) is 9.08. The SMILES string of the molecule is C=CCC(NC(=O)NC(CC)c1nccs1)C(=O)O. The van der Waals surface area contributed by atoms with Crippen molar-refractivity contribution >= 4 is 23.3 Å². The summed E-state index contributed by atoms with van der Waals surface area (Å²) in [4.78, 5) is 26.8. The lowest BCUT2D eigenvalue weighted by Crippen LogP contribution is -2.46. The van der Waals surface area contributed by atoms with Gasteiger partial charge in [-0.3, -0.25) is 0 Å². The van der Waals surface area contributed by atoms with E-state index in [1.165, 1.54) is 17.4 Å². The molecular weight excluding hydrogens is 266 g/mol. The minimum Gasteiger partial charge on any atom is -0.480 e. The fourth-order valence-corrected chi connectivity index (χ4v) is 2.26. The third-order valence-corrected chi connectivity index (χ3v) is 3.36. The van der Waals surface area contributed by atoms with Crippen LogP contribution in [0.1, 0.15) is 30.8 Å². The molecule has 0 aliphatic rings. The number of carbonyl (C=O) groups excluding carboxylic acids is 1. The van der Waals surface area contributed by atoms with Crippen LogP contribution in [-0.2, 0) is 4.79 Å². The summed E-state index contributed by atoms with van der Waals surface area (Å²) in [6, 6.07) is -1.69. The standard InChI is InChI=1S/C12H17N3O3S/c1-3-5-9(11(16)17)15-12(18)14-8(4-2)10-13-6-7-19-10/h3,6-9H,1,4-5H2,2H3,(H,16,17)(H2,14,15,18). The van der Waals surface area contributed by atoms with Crippen molar-refractivity contribution in [3.63, 3.8) is 0 Å². The number of amides is 2. The molecule has 0 saturated carbocycles. The highest BCUT2D eigenvalue weighted by atomic mass is 32.1. The van der Waals surface area contributed by atoms with Crippen LogP contribution in [0.25, 0.3) is 0 Å². The van der Waals surface area contributed by atoms with Crippen LogP contribution in [0.2, 0.25) is 0 Å². The van der Waals surface area contributed by atoms with Crippen molar-refractivity contribution < 1.29 is 14.7 Å². The Morgan fingerprint density at radius 3 is 2.79 bits per heavy atom. The van der Waals surface area contributed by atoms with Crippen LogP contribution in [0.5, 0.6) is 0 Å². The maximum Gasteiger partial charge on any atom is 0.326 e. The smallest absolute Gasteiger partial charge is 0.326 e. The number of aliphatic carboxylic acids is 1. The number of nitrogens with zero attached hydrogens (tertiary/aromatic N) is 1. The first kappa shape index (κ1) is 15.2. The summed E-state index contributed by atoms with van der Waals surface area (Å²) in [6.45, 7) is 5.39. The van der Waals surface area contributed by atoms with Gasteiger partial charge in [-0.2, -0.15) is 0 Å². The van der Waals surface area contributed by atoms with Crippen LogP contribution in [-0.4, -0.2) is 28.1 Å². The number of aromatic nitrogens is 1. The molecule has 104 valence electrons. The maximum absolute atomic E-state index is 11.8. The summed E-state index contributed by atoms with van der Waals surface area (Å²) in [6.07, 6.45) is 3.98. The maximum atomic E-state index is 11.8. The summed E-state index contributed by atoms with van der Waals surface area (Å²) >= 11 is 1.45. The number of hydrogen-bond acceptors (Lipinski definition) is 4. The molecule has 0 spiro atoms. The number of carboxylic acids is 1. The molecule has 0 saturated heterocycles. The number of rotatable bonds is 7. The van der Waals surface area contributed by atoms with Crippen molar-refractivity contribution in [2.45, 2.75) is 31.8 Å². The minimum absolute atomic E-state index is 0.177. The van der Waals surface area contributed by atoms with E-state index in [9.17, 15) is 9.59 Å². The topological polar surface area (TPSA) is 91.3 Å². The van der Waals surface area contributed by atoms with E-state index in [0.29, 0.717) is 6.42 Å². The van der Waals surface area contributed by atoms with E-state index in [2.05, 4.69) is 22.2 Å². The average molecular weight is 283 g/mol. The molecule has 19 heavy (non-hydrogen) atoms. The van der Waals surface area contributed by atoms with Crippen LogP contribution in [0, 0.1) is 0 Å². The second-order valence-electron chi connectivity index (χ2n) is 3.86. The molecular formula is C12H17N3O3S. The van der Waals surface area contributed by atoms with Gasteiger partial charge in [0.2, 0.25) is 0 Å². The monoisotopic (exact) mass is 283 g/mol. The number of carboxylic acid groups (broad SMARTS) is 1. The fraction of sp³-hybridized carbons (Fsp3) is 0.417. The number of carbonyl (C=O) groups is 2. The summed E-state index contributed by atoms with van der Waals surface area (Å²) in [7, 11) is 0. The van der Waals surface area contributed by atoms with Gasteiger partial charge < -0.3 is 15.7 Å². The second-order valence-corrected chi connectivity index (χ2v) is 4.79. The van der Waals surface area contributed by atoms with Gasteiger partial charge in [-0.25, -0.2) is 14.6 Å². The van der Waals surface area contributed by atoms with E-state index >= 15 is 0 Å². The van der Waals surface area contributed by atoms with Crippen molar-refractivity contribution in [1.82, 2.24) is 15.6 Å². The van der Waals surface area contributed by atoms with Gasteiger partial charge in [0.05, 0.1) is 6.04 Å². The second kappa shape index (κ2) is 7.52. The Labute approximate surface area is 115 Å². The highest BCUT2D eigenvalue weighted by Gasteiger charge is 2.21. The Hall–Kier alpha value is -1.89. The summed E-state index contributed by atoms with van der Waals surface area (Å²) in [5.41, 5.74) is 0. The summed E-state index contributed by atoms with van der Waals surface area (Å²) in [5.74, 6) is -1.09. The van der Waals surface area contributed by atoms with Crippen LogP contribution < -0.4 is 10.6 Å². The molecule has 0 aromatic carbocycles. The van der Waals surface area contributed by atoms with Gasteiger partial charge in [0.15, 0.2) is 0 Å². The molecule has 2 unspecified atom stereocenters. The van der Waals surface area contributed by atoms with Crippen molar-refractivity contribution in [1.29, 1.82) is 0 Å². The lowest BCUT2D eigenvalue weighted by Gasteiger charge is -2.18. The first-order valence-corrected chi connectivity index (χ1v) is 6.76. The fourth-order valence-electron chi connectivity index (χ4n) is 1.49. The molecule has 7 heteroatoms. The quantitative estimate of drug-likeness (QED) is 0.667. The Balaban J connectivity index is 2.57. The predicted octanol–water partition coefficient (Wildman–Crippen LogP) is 1.92. The molecule has 1 heterocycles. The Morgan fingerprint density at radius 1 is 1.58 bits per heavy atom. The molecule has 0 aliphatic heterocycles. The zero-order valence-electron chi connectivity index (χ0n) is 10.6. The lowest BCUT2D eigenvalue weighted by molar-refractivity contribution is -0.139. The van der Waals surface area contributed by atoms with Crippen molar-refractivity contribution in [3.05, 3.63) is 29.2 Å². The molecule has 1 rings (SSSR count). The molecule has 6 nitrogen and oxygen atoms in total. The molecule has 2 atom stereocenters. The molecule has 0 fully saturated rings. The van der Waals surface area contributed by atoms with E-state index in [1.807, 2.05) is 12.3 Å². The van der Waals surface area contributed by atoms with Gasteiger partial charge in [-0.05, 0) is 12.8 Å². The van der Waals surface area contributed by atoms with Crippen molar-refractivity contribution in [3.8, 4) is 0 Å². The number of nitrogens with one attached hydrogen (secondary N) is 2. The number of thiazole rings is 1. The van der Waals surface area contributed by atoms with Gasteiger partial charge >= 0.3 is 12.0 Å². The average Bonchev–Trinajstić information content (AvgIpc) is 2.89. The summed E-state index contributed by atoms with van der Waals surface area (Å²) < 4.78 is 0. The first-order valence-electron chi connectivity index (χ1n) is 5.88.